The van der Waals surface area contributed by atoms with Crippen molar-refractivity contribution in [1.82, 2.24) is 5.32 Å². The van der Waals surface area contributed by atoms with Crippen LogP contribution in [0.15, 0.2) is 24.3 Å². The Bertz CT molecular complexity index is 542. The quantitative estimate of drug-likeness (QED) is 0.842. The molecule has 22 heavy (non-hydrogen) atoms. The first kappa shape index (κ1) is 17.8. The Hall–Kier alpha value is -2.25. The van der Waals surface area contributed by atoms with Gasteiger partial charge in [0, 0.05) is 0 Å². The van der Waals surface area contributed by atoms with E-state index in [1.165, 1.54) is 12.4 Å². The second kappa shape index (κ2) is 6.67. The van der Waals surface area contributed by atoms with Crippen LogP contribution in [0.5, 0.6) is 5.75 Å². The van der Waals surface area contributed by atoms with E-state index < -0.39 is 23.6 Å². The highest BCUT2D eigenvalue weighted by Gasteiger charge is 2.45. The first-order valence-electron chi connectivity index (χ1n) is 6.34. The highest BCUT2D eigenvalue weighted by molar-refractivity contribution is 5.89. The number of hydrogen-bond donors (Lipinski definition) is 2. The number of benzene rings is 1. The fourth-order valence-electron chi connectivity index (χ4n) is 1.73. The maximum atomic E-state index is 12.3. The molecule has 0 bridgehead atoms. The maximum absolute atomic E-state index is 12.3. The minimum atomic E-state index is -5.13. The standard InChI is InChI=1S/C14H16F3NO4/c1-13(12(20)21,18-11(19)14(15,16)17)8-7-9-3-5-10(22-2)6-4-9/h3-6H,7-8H2,1-2H3,(H,18,19)(H,20,21). The van der Waals surface area contributed by atoms with Crippen molar-refractivity contribution >= 4 is 11.9 Å². The number of nitrogens with one attached hydrogen (secondary N) is 1. The van der Waals surface area contributed by atoms with Gasteiger partial charge in [-0.3, -0.25) is 4.79 Å². The van der Waals surface area contributed by atoms with Crippen molar-refractivity contribution in [3.05, 3.63) is 29.8 Å². The molecule has 1 amide bonds. The summed E-state index contributed by atoms with van der Waals surface area (Å²) in [5.74, 6) is -3.19. The molecule has 0 aliphatic heterocycles. The molecule has 1 aromatic rings. The molecule has 0 fully saturated rings. The number of carboxylic acids is 1. The molecule has 0 spiro atoms. The van der Waals surface area contributed by atoms with Crippen LogP contribution >= 0.6 is 0 Å². The number of methoxy groups -OCH3 is 1. The summed E-state index contributed by atoms with van der Waals surface area (Å²) in [4.78, 5) is 22.2. The van der Waals surface area contributed by atoms with Crippen molar-refractivity contribution in [3.63, 3.8) is 0 Å². The van der Waals surface area contributed by atoms with E-state index in [0.29, 0.717) is 5.75 Å². The van der Waals surface area contributed by atoms with Gasteiger partial charge in [0.1, 0.15) is 11.3 Å². The summed E-state index contributed by atoms with van der Waals surface area (Å²) >= 11 is 0. The number of carboxylic acid groups (broad SMARTS) is 1. The van der Waals surface area contributed by atoms with Gasteiger partial charge in [-0.2, -0.15) is 13.2 Å². The first-order valence-corrected chi connectivity index (χ1v) is 6.34. The molecule has 0 radical (unpaired) electrons. The molecule has 0 aromatic heterocycles. The minimum Gasteiger partial charge on any atom is -0.497 e. The van der Waals surface area contributed by atoms with Crippen LogP contribution in [0.4, 0.5) is 13.2 Å². The van der Waals surface area contributed by atoms with Gasteiger partial charge in [-0.25, -0.2) is 4.79 Å². The summed E-state index contributed by atoms with van der Waals surface area (Å²) in [5, 5.41) is 10.6. The summed E-state index contributed by atoms with van der Waals surface area (Å²) < 4.78 is 41.8. The van der Waals surface area contributed by atoms with Gasteiger partial charge in [0.25, 0.3) is 0 Å². The molecular weight excluding hydrogens is 303 g/mol. The van der Waals surface area contributed by atoms with Crippen LogP contribution in [-0.4, -0.2) is 35.8 Å². The highest BCUT2D eigenvalue weighted by atomic mass is 19.4. The smallest absolute Gasteiger partial charge is 0.471 e. The molecule has 1 aromatic carbocycles. The van der Waals surface area contributed by atoms with Gasteiger partial charge in [0.15, 0.2) is 0 Å². The van der Waals surface area contributed by atoms with Gasteiger partial charge >= 0.3 is 18.1 Å². The van der Waals surface area contributed by atoms with Crippen LogP contribution in [0.1, 0.15) is 18.9 Å². The summed E-state index contributed by atoms with van der Waals surface area (Å²) in [6, 6.07) is 6.66. The predicted molar refractivity (Wildman–Crippen MR) is 71.6 cm³/mol. The van der Waals surface area contributed by atoms with E-state index in [-0.39, 0.29) is 12.8 Å². The van der Waals surface area contributed by atoms with Crippen molar-refractivity contribution in [2.75, 3.05) is 7.11 Å². The summed E-state index contributed by atoms with van der Waals surface area (Å²) in [5.41, 5.74) is -1.29. The van der Waals surface area contributed by atoms with Crippen molar-refractivity contribution in [2.45, 2.75) is 31.5 Å². The number of rotatable bonds is 6. The van der Waals surface area contributed by atoms with Gasteiger partial charge < -0.3 is 15.2 Å². The zero-order valence-electron chi connectivity index (χ0n) is 12.0. The van der Waals surface area contributed by atoms with Gasteiger partial charge in [-0.15, -0.1) is 0 Å². The van der Waals surface area contributed by atoms with Crippen LogP contribution in [-0.2, 0) is 16.0 Å². The van der Waals surface area contributed by atoms with Gasteiger partial charge in [-0.05, 0) is 37.5 Å². The first-order chi connectivity index (χ1) is 10.1. The molecule has 0 saturated heterocycles. The fraction of sp³-hybridized carbons (Fsp3) is 0.429. The number of halogens is 3. The highest BCUT2D eigenvalue weighted by Crippen LogP contribution is 2.21. The van der Waals surface area contributed by atoms with E-state index in [9.17, 15) is 22.8 Å². The van der Waals surface area contributed by atoms with E-state index in [2.05, 4.69) is 0 Å². The molecule has 1 unspecified atom stereocenters. The number of aryl methyl sites for hydroxylation is 1. The number of ether oxygens (including phenoxy) is 1. The number of carbonyl (C=O) groups is 2. The molecule has 0 heterocycles. The lowest BCUT2D eigenvalue weighted by Gasteiger charge is -2.26. The average Bonchev–Trinajstić information content (AvgIpc) is 2.44. The number of hydrogen-bond acceptors (Lipinski definition) is 3. The lowest BCUT2D eigenvalue weighted by Crippen LogP contribution is -2.56. The minimum absolute atomic E-state index is 0.184. The second-order valence-electron chi connectivity index (χ2n) is 4.94. The van der Waals surface area contributed by atoms with Gasteiger partial charge in [-0.1, -0.05) is 12.1 Å². The maximum Gasteiger partial charge on any atom is 0.471 e. The van der Waals surface area contributed by atoms with Gasteiger partial charge in [0.05, 0.1) is 7.11 Å². The third-order valence-corrected chi connectivity index (χ3v) is 3.19. The third kappa shape index (κ3) is 4.64. The van der Waals surface area contributed by atoms with Crippen LogP contribution in [0, 0.1) is 0 Å². The molecule has 1 rings (SSSR count). The Balaban J connectivity index is 2.78. The summed E-state index contributed by atoms with van der Waals surface area (Å²) in [7, 11) is 1.49. The normalized spacial score (nSPS) is 14.0. The lowest BCUT2D eigenvalue weighted by atomic mass is 9.93. The second-order valence-corrected chi connectivity index (χ2v) is 4.94. The molecule has 1 atom stereocenters. The van der Waals surface area contributed by atoms with E-state index in [1.54, 1.807) is 24.3 Å². The molecule has 8 heteroatoms. The van der Waals surface area contributed by atoms with Crippen LogP contribution < -0.4 is 10.1 Å². The van der Waals surface area contributed by atoms with Crippen molar-refractivity contribution in [2.24, 2.45) is 0 Å². The fourth-order valence-corrected chi connectivity index (χ4v) is 1.73. The SMILES string of the molecule is COc1ccc(CCC(C)(NC(=O)C(F)(F)F)C(=O)O)cc1. The Labute approximate surface area is 125 Å². The van der Waals surface area contributed by atoms with Gasteiger partial charge in [0.2, 0.25) is 0 Å². The predicted octanol–water partition coefficient (Wildman–Crippen LogP) is 2.15. The molecule has 122 valence electrons. The van der Waals surface area contributed by atoms with Crippen LogP contribution in [0.3, 0.4) is 0 Å². The average molecular weight is 319 g/mol. The lowest BCUT2D eigenvalue weighted by molar-refractivity contribution is -0.177. The molecule has 2 N–H and O–H groups in total. The largest absolute Gasteiger partial charge is 0.497 e. The number of carbonyl (C=O) groups excluding carboxylic acids is 1. The van der Waals surface area contributed by atoms with E-state index >= 15 is 0 Å². The zero-order chi connectivity index (χ0) is 17.0. The molecule has 0 aliphatic rings. The molecule has 0 saturated carbocycles. The van der Waals surface area contributed by atoms with E-state index in [0.717, 1.165) is 12.5 Å². The number of amides is 1. The summed E-state index contributed by atoms with van der Waals surface area (Å²) in [6.07, 6.45) is -5.13. The molecule has 5 nitrogen and oxygen atoms in total. The number of aliphatic carboxylic acids is 1. The number of alkyl halides is 3. The molecular formula is C14H16F3NO4. The van der Waals surface area contributed by atoms with Crippen molar-refractivity contribution < 1.29 is 32.6 Å². The summed E-state index contributed by atoms with van der Waals surface area (Å²) in [6.45, 7) is 1.04. The Morgan fingerprint density at radius 2 is 1.77 bits per heavy atom. The topological polar surface area (TPSA) is 75.6 Å². The van der Waals surface area contributed by atoms with Crippen molar-refractivity contribution in [1.29, 1.82) is 0 Å². The van der Waals surface area contributed by atoms with Crippen LogP contribution in [0.25, 0.3) is 0 Å². The van der Waals surface area contributed by atoms with Crippen LogP contribution in [0.2, 0.25) is 0 Å². The Morgan fingerprint density at radius 3 is 2.18 bits per heavy atom. The van der Waals surface area contributed by atoms with E-state index in [4.69, 9.17) is 9.84 Å². The Kier molecular flexibility index (Phi) is 5.40. The van der Waals surface area contributed by atoms with E-state index in [1.807, 2.05) is 0 Å². The zero-order valence-corrected chi connectivity index (χ0v) is 12.0. The molecule has 0 aliphatic carbocycles. The monoisotopic (exact) mass is 319 g/mol. The van der Waals surface area contributed by atoms with Crippen molar-refractivity contribution in [3.8, 4) is 5.75 Å². The third-order valence-electron chi connectivity index (χ3n) is 3.19. The Morgan fingerprint density at radius 1 is 1.23 bits per heavy atom.